The number of anilines is 1. The molecule has 6 heteroatoms. The molecule has 0 saturated heterocycles. The molecule has 0 radical (unpaired) electrons. The first-order valence-corrected chi connectivity index (χ1v) is 9.28. The summed E-state index contributed by atoms with van der Waals surface area (Å²) < 4.78 is 5.57. The summed E-state index contributed by atoms with van der Waals surface area (Å²) in [7, 11) is 1.67. The molecule has 1 aromatic rings. The van der Waals surface area contributed by atoms with Crippen LogP contribution in [-0.4, -0.2) is 48.7 Å². The molecule has 6 nitrogen and oxygen atoms in total. The van der Waals surface area contributed by atoms with Crippen LogP contribution in [0.4, 0.5) is 5.69 Å². The quantitative estimate of drug-likeness (QED) is 0.668. The average molecular weight is 360 g/mol. The highest BCUT2D eigenvalue weighted by Gasteiger charge is 2.29. The van der Waals surface area contributed by atoms with Crippen LogP contribution >= 0.6 is 0 Å². The fourth-order valence-electron chi connectivity index (χ4n) is 3.02. The Morgan fingerprint density at radius 1 is 1.23 bits per heavy atom. The predicted molar refractivity (Wildman–Crippen MR) is 101 cm³/mol. The Labute approximate surface area is 155 Å². The number of rotatable bonds is 8. The van der Waals surface area contributed by atoms with Crippen LogP contribution in [0.5, 0.6) is 5.75 Å². The van der Waals surface area contributed by atoms with Gasteiger partial charge < -0.3 is 14.5 Å². The summed E-state index contributed by atoms with van der Waals surface area (Å²) in [4.78, 5) is 40.1. The molecule has 2 amide bonds. The summed E-state index contributed by atoms with van der Waals surface area (Å²) in [5, 5.41) is 0. The second-order valence-corrected chi connectivity index (χ2v) is 6.59. The van der Waals surface area contributed by atoms with Crippen LogP contribution in [-0.2, 0) is 9.59 Å². The fraction of sp³-hybridized carbons (Fsp3) is 0.550. The number of hydrogen-bond acceptors (Lipinski definition) is 4. The van der Waals surface area contributed by atoms with E-state index in [1.165, 1.54) is 4.90 Å². The number of fused-ring (bicyclic) bond motifs is 1. The van der Waals surface area contributed by atoms with E-state index in [9.17, 15) is 14.4 Å². The Bertz CT molecular complexity index is 686. The highest BCUT2D eigenvalue weighted by molar-refractivity contribution is 6.03. The third-order valence-corrected chi connectivity index (χ3v) is 4.71. The smallest absolute Gasteiger partial charge is 0.267 e. The van der Waals surface area contributed by atoms with Crippen LogP contribution in [0, 0.1) is 0 Å². The molecule has 142 valence electrons. The van der Waals surface area contributed by atoms with Crippen molar-refractivity contribution in [3.63, 3.8) is 0 Å². The van der Waals surface area contributed by atoms with Crippen molar-refractivity contribution in [3.8, 4) is 5.75 Å². The van der Waals surface area contributed by atoms with E-state index in [2.05, 4.69) is 6.92 Å². The van der Waals surface area contributed by atoms with Gasteiger partial charge >= 0.3 is 0 Å². The van der Waals surface area contributed by atoms with Gasteiger partial charge in [0, 0.05) is 38.5 Å². The number of carbonyl (C=O) groups excluding carboxylic acids is 3. The SMILES string of the molecule is CCCCN(CC)C(=O)CCC(=O)c1ccc2c(c1)N(C)C(=O)C(C)O2. The number of carbonyl (C=O) groups is 3. The van der Waals surface area contributed by atoms with Crippen LogP contribution in [0.1, 0.15) is 56.8 Å². The molecule has 0 saturated carbocycles. The first-order valence-electron chi connectivity index (χ1n) is 9.28. The summed E-state index contributed by atoms with van der Waals surface area (Å²) in [6, 6.07) is 5.07. The lowest BCUT2D eigenvalue weighted by Crippen LogP contribution is -2.42. The van der Waals surface area contributed by atoms with Crippen molar-refractivity contribution in [3.05, 3.63) is 23.8 Å². The van der Waals surface area contributed by atoms with Gasteiger partial charge in [-0.3, -0.25) is 14.4 Å². The van der Waals surface area contributed by atoms with Gasteiger partial charge in [-0.25, -0.2) is 0 Å². The van der Waals surface area contributed by atoms with Gasteiger partial charge in [0.25, 0.3) is 5.91 Å². The Hall–Kier alpha value is -2.37. The molecule has 1 aromatic carbocycles. The van der Waals surface area contributed by atoms with Crippen molar-refractivity contribution in [2.24, 2.45) is 0 Å². The standard InChI is InChI=1S/C20H28N2O4/c1-5-7-12-22(6-2)19(24)11-9-17(23)15-8-10-18-16(13-15)21(4)20(25)14(3)26-18/h8,10,13-14H,5-7,9,11-12H2,1-4H3. The number of hydrogen-bond donors (Lipinski definition) is 0. The molecule has 0 bridgehead atoms. The molecule has 1 aliphatic rings. The molecule has 1 aliphatic heterocycles. The van der Waals surface area contributed by atoms with Gasteiger partial charge in [0.05, 0.1) is 5.69 Å². The summed E-state index contributed by atoms with van der Waals surface area (Å²) in [5.74, 6) is 0.347. The number of nitrogens with zero attached hydrogens (tertiary/aromatic N) is 2. The van der Waals surface area contributed by atoms with E-state index in [1.807, 2.05) is 6.92 Å². The van der Waals surface area contributed by atoms with Gasteiger partial charge in [0.1, 0.15) is 5.75 Å². The van der Waals surface area contributed by atoms with E-state index >= 15 is 0 Å². The number of Topliss-reactive ketones (excluding diaryl/α,β-unsaturated/α-hetero) is 1. The highest BCUT2D eigenvalue weighted by Crippen LogP contribution is 2.34. The Kier molecular flexibility index (Phi) is 6.77. The fourth-order valence-corrected chi connectivity index (χ4v) is 3.02. The van der Waals surface area contributed by atoms with Crippen LogP contribution in [0.25, 0.3) is 0 Å². The van der Waals surface area contributed by atoms with Crippen LogP contribution < -0.4 is 9.64 Å². The lowest BCUT2D eigenvalue weighted by molar-refractivity contribution is -0.131. The molecule has 0 spiro atoms. The molecule has 0 aromatic heterocycles. The van der Waals surface area contributed by atoms with Crippen molar-refractivity contribution in [1.29, 1.82) is 0 Å². The maximum Gasteiger partial charge on any atom is 0.267 e. The zero-order chi connectivity index (χ0) is 19.3. The normalized spacial score (nSPS) is 16.1. The maximum absolute atomic E-state index is 12.5. The monoisotopic (exact) mass is 360 g/mol. The van der Waals surface area contributed by atoms with Crippen LogP contribution in [0.2, 0.25) is 0 Å². The van der Waals surface area contributed by atoms with Gasteiger partial charge in [-0.15, -0.1) is 0 Å². The van der Waals surface area contributed by atoms with E-state index in [4.69, 9.17) is 4.74 Å². The predicted octanol–water partition coefficient (Wildman–Crippen LogP) is 3.04. The second kappa shape index (κ2) is 8.83. The molecule has 1 atom stereocenters. The molecule has 26 heavy (non-hydrogen) atoms. The minimum Gasteiger partial charge on any atom is -0.479 e. The molecular formula is C20H28N2O4. The molecule has 0 N–H and O–H groups in total. The minimum atomic E-state index is -0.533. The first kappa shape index (κ1) is 19.9. The summed E-state index contributed by atoms with van der Waals surface area (Å²) in [6.07, 6.45) is 1.84. The number of amides is 2. The number of ketones is 1. The van der Waals surface area contributed by atoms with Crippen molar-refractivity contribution in [2.45, 2.75) is 52.6 Å². The molecule has 0 aliphatic carbocycles. The number of unbranched alkanes of at least 4 members (excludes halogenated alkanes) is 1. The third kappa shape index (κ3) is 4.42. The van der Waals surface area contributed by atoms with E-state index in [1.54, 1.807) is 37.1 Å². The zero-order valence-corrected chi connectivity index (χ0v) is 16.1. The minimum absolute atomic E-state index is 0.0108. The lowest BCUT2D eigenvalue weighted by atomic mass is 10.0. The average Bonchev–Trinajstić information content (AvgIpc) is 2.64. The van der Waals surface area contributed by atoms with E-state index < -0.39 is 6.10 Å². The summed E-state index contributed by atoms with van der Waals surface area (Å²) >= 11 is 0. The Balaban J connectivity index is 2.02. The second-order valence-electron chi connectivity index (χ2n) is 6.59. The number of ether oxygens (including phenoxy) is 1. The largest absolute Gasteiger partial charge is 0.479 e. The Morgan fingerprint density at radius 3 is 2.62 bits per heavy atom. The van der Waals surface area contributed by atoms with E-state index in [-0.39, 0.29) is 30.4 Å². The highest BCUT2D eigenvalue weighted by atomic mass is 16.5. The molecule has 2 rings (SSSR count). The van der Waals surface area contributed by atoms with Gasteiger partial charge in [0.2, 0.25) is 5.91 Å². The van der Waals surface area contributed by atoms with Gasteiger partial charge in [-0.1, -0.05) is 13.3 Å². The van der Waals surface area contributed by atoms with Crippen LogP contribution in [0.15, 0.2) is 18.2 Å². The van der Waals surface area contributed by atoms with Crippen molar-refractivity contribution < 1.29 is 19.1 Å². The molecular weight excluding hydrogens is 332 g/mol. The molecule has 0 fully saturated rings. The van der Waals surface area contributed by atoms with Crippen molar-refractivity contribution in [1.82, 2.24) is 4.90 Å². The topological polar surface area (TPSA) is 66.9 Å². The van der Waals surface area contributed by atoms with Crippen molar-refractivity contribution >= 4 is 23.3 Å². The third-order valence-electron chi connectivity index (χ3n) is 4.71. The lowest BCUT2D eigenvalue weighted by Gasteiger charge is -2.30. The molecule has 1 heterocycles. The number of benzene rings is 1. The van der Waals surface area contributed by atoms with Gasteiger partial charge in [-0.2, -0.15) is 0 Å². The van der Waals surface area contributed by atoms with E-state index in [0.29, 0.717) is 23.5 Å². The summed E-state index contributed by atoms with van der Waals surface area (Å²) in [6.45, 7) is 7.14. The zero-order valence-electron chi connectivity index (χ0n) is 16.1. The van der Waals surface area contributed by atoms with Gasteiger partial charge in [0.15, 0.2) is 11.9 Å². The van der Waals surface area contributed by atoms with Crippen LogP contribution in [0.3, 0.4) is 0 Å². The Morgan fingerprint density at radius 2 is 1.96 bits per heavy atom. The summed E-state index contributed by atoms with van der Waals surface area (Å²) in [5.41, 5.74) is 1.08. The maximum atomic E-state index is 12.5. The number of likely N-dealkylation sites (N-methyl/N-ethyl adjacent to an activating group) is 1. The van der Waals surface area contributed by atoms with E-state index in [0.717, 1.165) is 19.4 Å². The van der Waals surface area contributed by atoms with Crippen molar-refractivity contribution in [2.75, 3.05) is 25.0 Å². The molecule has 1 unspecified atom stereocenters. The first-order chi connectivity index (χ1) is 12.4. The van der Waals surface area contributed by atoms with Gasteiger partial charge in [-0.05, 0) is 38.5 Å².